The average Bonchev–Trinajstić information content (AvgIpc) is 3.16. The van der Waals surface area contributed by atoms with Crippen LogP contribution in [0.1, 0.15) is 33.6 Å². The number of carbonyl (C=O) groups excluding carboxylic acids is 1. The Morgan fingerprint density at radius 1 is 1.35 bits per heavy atom. The second kappa shape index (κ2) is 9.38. The highest BCUT2D eigenvalue weighted by Gasteiger charge is 2.23. The molecule has 1 amide bonds. The molecule has 0 aromatic rings. The third-order valence-electron chi connectivity index (χ3n) is 2.90. The summed E-state index contributed by atoms with van der Waals surface area (Å²) in [6, 6.07) is 0.380. The highest BCUT2D eigenvalue weighted by Crippen LogP contribution is 2.18. The van der Waals surface area contributed by atoms with Crippen LogP contribution >= 0.6 is 24.0 Å². The van der Waals surface area contributed by atoms with Gasteiger partial charge >= 0.3 is 0 Å². The van der Waals surface area contributed by atoms with E-state index >= 15 is 0 Å². The zero-order chi connectivity index (χ0) is 14.3. The summed E-state index contributed by atoms with van der Waals surface area (Å²) >= 11 is 0. The molecule has 1 fully saturated rings. The smallest absolute Gasteiger partial charge is 0.242 e. The normalized spacial score (nSPS) is 15.3. The van der Waals surface area contributed by atoms with Crippen LogP contribution in [0.4, 0.5) is 0 Å². The molecule has 20 heavy (non-hydrogen) atoms. The summed E-state index contributed by atoms with van der Waals surface area (Å²) in [5, 5.41) is 9.19. The Kier molecular flexibility index (Phi) is 9.11. The summed E-state index contributed by atoms with van der Waals surface area (Å²) in [6.45, 7) is 7.50. The molecule has 0 heterocycles. The van der Waals surface area contributed by atoms with Crippen molar-refractivity contribution in [2.75, 3.05) is 26.7 Å². The van der Waals surface area contributed by atoms with Crippen molar-refractivity contribution < 1.29 is 9.53 Å². The number of nitrogens with one attached hydrogen (secondary N) is 3. The van der Waals surface area contributed by atoms with Crippen LogP contribution in [0.5, 0.6) is 0 Å². The van der Waals surface area contributed by atoms with Crippen LogP contribution in [0.2, 0.25) is 0 Å². The maximum absolute atomic E-state index is 11.6. The molecule has 0 radical (unpaired) electrons. The van der Waals surface area contributed by atoms with Gasteiger partial charge in [0, 0.05) is 26.2 Å². The van der Waals surface area contributed by atoms with Gasteiger partial charge < -0.3 is 20.7 Å². The Hall–Kier alpha value is -0.570. The quantitative estimate of drug-likeness (QED) is 0.338. The first-order valence-electron chi connectivity index (χ1n) is 6.83. The lowest BCUT2D eigenvalue weighted by molar-refractivity contribution is -0.119. The molecule has 0 unspecified atom stereocenters. The number of nitrogens with zero attached hydrogens (tertiary/aromatic N) is 1. The van der Waals surface area contributed by atoms with Crippen LogP contribution in [0, 0.1) is 0 Å². The number of hydrogen-bond acceptors (Lipinski definition) is 3. The fourth-order valence-electron chi connectivity index (χ4n) is 1.36. The molecule has 118 valence electrons. The van der Waals surface area contributed by atoms with Crippen LogP contribution in [-0.4, -0.2) is 50.3 Å². The van der Waals surface area contributed by atoms with Gasteiger partial charge in [-0.1, -0.05) is 0 Å². The van der Waals surface area contributed by atoms with E-state index in [0.717, 1.165) is 19.4 Å². The molecule has 1 aliphatic carbocycles. The van der Waals surface area contributed by atoms with Crippen molar-refractivity contribution in [2.45, 2.75) is 45.3 Å². The molecule has 0 atom stereocenters. The standard InChI is InChI=1S/C13H26N4O2.HI/c1-5-14-12(16-9-13(2,3)19-4)15-8-11(18)17-10-6-7-10;/h10H,5-9H2,1-4H3,(H,17,18)(H2,14,15,16);1H. The zero-order valence-corrected chi connectivity index (χ0v) is 15.1. The predicted octanol–water partition coefficient (Wildman–Crippen LogP) is 0.863. The molecule has 0 aromatic heterocycles. The molecular weight excluding hydrogens is 371 g/mol. The van der Waals surface area contributed by atoms with Gasteiger partial charge in [-0.2, -0.15) is 0 Å². The largest absolute Gasteiger partial charge is 0.377 e. The van der Waals surface area contributed by atoms with E-state index in [1.54, 1.807) is 7.11 Å². The number of aliphatic imine (C=N–C) groups is 1. The van der Waals surface area contributed by atoms with Crippen LogP contribution in [-0.2, 0) is 9.53 Å². The van der Waals surface area contributed by atoms with Gasteiger partial charge in [-0.15, -0.1) is 24.0 Å². The van der Waals surface area contributed by atoms with E-state index in [1.165, 1.54) is 0 Å². The molecule has 1 aliphatic rings. The fraction of sp³-hybridized carbons (Fsp3) is 0.846. The van der Waals surface area contributed by atoms with Crippen molar-refractivity contribution >= 4 is 35.8 Å². The number of amides is 1. The Bertz CT molecular complexity index is 330. The summed E-state index contributed by atoms with van der Waals surface area (Å²) in [7, 11) is 1.68. The highest BCUT2D eigenvalue weighted by molar-refractivity contribution is 14.0. The molecule has 6 nitrogen and oxygen atoms in total. The van der Waals surface area contributed by atoms with E-state index in [1.807, 2.05) is 20.8 Å². The minimum atomic E-state index is -0.271. The number of hydrogen-bond donors (Lipinski definition) is 3. The van der Waals surface area contributed by atoms with Crippen molar-refractivity contribution in [2.24, 2.45) is 4.99 Å². The zero-order valence-electron chi connectivity index (χ0n) is 12.8. The van der Waals surface area contributed by atoms with Crippen molar-refractivity contribution in [3.63, 3.8) is 0 Å². The van der Waals surface area contributed by atoms with Gasteiger partial charge in [0.15, 0.2) is 5.96 Å². The Morgan fingerprint density at radius 2 is 2.00 bits per heavy atom. The maximum atomic E-state index is 11.6. The molecule has 0 aliphatic heterocycles. The van der Waals surface area contributed by atoms with E-state index in [4.69, 9.17) is 4.74 Å². The third-order valence-corrected chi connectivity index (χ3v) is 2.90. The van der Waals surface area contributed by atoms with Crippen molar-refractivity contribution in [3.8, 4) is 0 Å². The average molecular weight is 398 g/mol. The SMILES string of the molecule is CCNC(=NCC(=O)NC1CC1)NCC(C)(C)OC.I. The Morgan fingerprint density at radius 3 is 2.50 bits per heavy atom. The molecular formula is C13H27IN4O2. The summed E-state index contributed by atoms with van der Waals surface area (Å²) in [5.41, 5.74) is -0.271. The molecule has 0 saturated heterocycles. The van der Waals surface area contributed by atoms with Gasteiger partial charge in [-0.3, -0.25) is 4.79 Å². The number of carbonyl (C=O) groups is 1. The van der Waals surface area contributed by atoms with Crippen LogP contribution in [0.25, 0.3) is 0 Å². The van der Waals surface area contributed by atoms with Crippen molar-refractivity contribution in [1.29, 1.82) is 0 Å². The first-order chi connectivity index (χ1) is 8.96. The topological polar surface area (TPSA) is 74.8 Å². The number of rotatable bonds is 7. The van der Waals surface area contributed by atoms with E-state index in [-0.39, 0.29) is 42.0 Å². The lowest BCUT2D eigenvalue weighted by Crippen LogP contribution is -2.45. The van der Waals surface area contributed by atoms with E-state index in [9.17, 15) is 4.79 Å². The lowest BCUT2D eigenvalue weighted by atomic mass is 10.1. The monoisotopic (exact) mass is 398 g/mol. The lowest BCUT2D eigenvalue weighted by Gasteiger charge is -2.24. The molecule has 7 heteroatoms. The van der Waals surface area contributed by atoms with Gasteiger partial charge in [-0.25, -0.2) is 4.99 Å². The molecule has 1 rings (SSSR count). The minimum Gasteiger partial charge on any atom is -0.377 e. The number of halogens is 1. The van der Waals surface area contributed by atoms with E-state index < -0.39 is 0 Å². The maximum Gasteiger partial charge on any atom is 0.242 e. The third kappa shape index (κ3) is 8.57. The summed E-state index contributed by atoms with van der Waals surface area (Å²) in [5.74, 6) is 0.615. The molecule has 0 aromatic carbocycles. The minimum absolute atomic E-state index is 0. The summed E-state index contributed by atoms with van der Waals surface area (Å²) in [6.07, 6.45) is 2.19. The second-order valence-electron chi connectivity index (χ2n) is 5.35. The van der Waals surface area contributed by atoms with Gasteiger partial charge in [0.25, 0.3) is 0 Å². The number of ether oxygens (including phenoxy) is 1. The number of methoxy groups -OCH3 is 1. The molecule has 1 saturated carbocycles. The van der Waals surface area contributed by atoms with E-state index in [0.29, 0.717) is 18.5 Å². The Labute approximate surface area is 138 Å². The van der Waals surface area contributed by atoms with Crippen molar-refractivity contribution in [1.82, 2.24) is 16.0 Å². The summed E-state index contributed by atoms with van der Waals surface area (Å²) in [4.78, 5) is 15.8. The predicted molar refractivity (Wildman–Crippen MR) is 91.6 cm³/mol. The van der Waals surface area contributed by atoms with Crippen LogP contribution < -0.4 is 16.0 Å². The van der Waals surface area contributed by atoms with Gasteiger partial charge in [0.1, 0.15) is 6.54 Å². The molecule has 0 spiro atoms. The van der Waals surface area contributed by atoms with Gasteiger partial charge in [-0.05, 0) is 33.6 Å². The molecule has 0 bridgehead atoms. The number of guanidine groups is 1. The van der Waals surface area contributed by atoms with Gasteiger partial charge in [0.2, 0.25) is 5.91 Å². The Balaban J connectivity index is 0.00000361. The van der Waals surface area contributed by atoms with Crippen LogP contribution in [0.3, 0.4) is 0 Å². The van der Waals surface area contributed by atoms with E-state index in [2.05, 4.69) is 20.9 Å². The second-order valence-corrected chi connectivity index (χ2v) is 5.35. The first-order valence-corrected chi connectivity index (χ1v) is 6.83. The summed E-state index contributed by atoms with van der Waals surface area (Å²) < 4.78 is 5.33. The fourth-order valence-corrected chi connectivity index (χ4v) is 1.36. The van der Waals surface area contributed by atoms with Crippen molar-refractivity contribution in [3.05, 3.63) is 0 Å². The van der Waals surface area contributed by atoms with Crippen LogP contribution in [0.15, 0.2) is 4.99 Å². The first kappa shape index (κ1) is 19.4. The highest BCUT2D eigenvalue weighted by atomic mass is 127. The van der Waals surface area contributed by atoms with Gasteiger partial charge in [0.05, 0.1) is 5.60 Å². The molecule has 3 N–H and O–H groups in total.